The van der Waals surface area contributed by atoms with Crippen LogP contribution in [-0.2, 0) is 9.53 Å². The number of nitrogens with zero attached hydrogens (tertiary/aromatic N) is 1. The predicted octanol–water partition coefficient (Wildman–Crippen LogP) is 2.87. The Hall–Kier alpha value is -1.17. The van der Waals surface area contributed by atoms with Crippen LogP contribution in [0.25, 0.3) is 0 Å². The fourth-order valence-corrected chi connectivity index (χ4v) is 3.31. The standard InChI is InChI=1S/C17H24ClFN2O2/c1-11(10-23-3)17(22)20-9-13-6-7-21(2)16(13)12-4-5-14(18)15(19)8-12/h4-5,8,11,13,16H,6-7,9-10H2,1-3H3,(H,20,22)/t11-,13+,16+/m0/s1. The molecule has 0 saturated carbocycles. The van der Waals surface area contributed by atoms with Crippen LogP contribution in [0.3, 0.4) is 0 Å². The Kier molecular flexibility index (Phi) is 6.39. The van der Waals surface area contributed by atoms with Crippen LogP contribution in [-0.4, -0.2) is 44.7 Å². The lowest BCUT2D eigenvalue weighted by Gasteiger charge is -2.26. The van der Waals surface area contributed by atoms with Crippen molar-refractivity contribution in [1.29, 1.82) is 0 Å². The van der Waals surface area contributed by atoms with Gasteiger partial charge in [-0.3, -0.25) is 9.69 Å². The number of amides is 1. The molecule has 1 N–H and O–H groups in total. The Labute approximate surface area is 141 Å². The molecule has 1 fully saturated rings. The lowest BCUT2D eigenvalue weighted by atomic mass is 9.93. The zero-order chi connectivity index (χ0) is 17.0. The van der Waals surface area contributed by atoms with Gasteiger partial charge in [0, 0.05) is 19.7 Å². The van der Waals surface area contributed by atoms with Crippen molar-refractivity contribution in [2.45, 2.75) is 19.4 Å². The SMILES string of the molecule is COC[C@H](C)C(=O)NC[C@H]1CCN(C)[C@@H]1c1ccc(Cl)c(F)c1. The Morgan fingerprint density at radius 3 is 2.96 bits per heavy atom. The molecule has 1 aliphatic rings. The Balaban J connectivity index is 2.03. The summed E-state index contributed by atoms with van der Waals surface area (Å²) in [6.07, 6.45) is 0.963. The van der Waals surface area contributed by atoms with Crippen molar-refractivity contribution < 1.29 is 13.9 Å². The van der Waals surface area contributed by atoms with Crippen molar-refractivity contribution in [2.24, 2.45) is 11.8 Å². The van der Waals surface area contributed by atoms with E-state index in [0.717, 1.165) is 18.5 Å². The second-order valence-corrected chi connectivity index (χ2v) is 6.66. The van der Waals surface area contributed by atoms with E-state index >= 15 is 0 Å². The van der Waals surface area contributed by atoms with Crippen molar-refractivity contribution in [1.82, 2.24) is 10.2 Å². The molecule has 1 aromatic rings. The summed E-state index contributed by atoms with van der Waals surface area (Å²) in [6.45, 7) is 3.74. The van der Waals surface area contributed by atoms with Crippen molar-refractivity contribution >= 4 is 17.5 Å². The van der Waals surface area contributed by atoms with Gasteiger partial charge in [-0.25, -0.2) is 4.39 Å². The number of nitrogens with one attached hydrogen (secondary N) is 1. The van der Waals surface area contributed by atoms with Gasteiger partial charge in [0.15, 0.2) is 0 Å². The molecule has 6 heteroatoms. The van der Waals surface area contributed by atoms with Gasteiger partial charge in [0.05, 0.1) is 17.5 Å². The fraction of sp³-hybridized carbons (Fsp3) is 0.588. The average Bonchev–Trinajstić information content (AvgIpc) is 2.89. The van der Waals surface area contributed by atoms with Gasteiger partial charge >= 0.3 is 0 Å². The molecule has 1 aromatic carbocycles. The van der Waals surface area contributed by atoms with E-state index in [4.69, 9.17) is 16.3 Å². The van der Waals surface area contributed by atoms with Crippen LogP contribution in [0.2, 0.25) is 5.02 Å². The lowest BCUT2D eigenvalue weighted by molar-refractivity contribution is -0.126. The number of hydrogen-bond donors (Lipinski definition) is 1. The number of benzene rings is 1. The van der Waals surface area contributed by atoms with E-state index in [9.17, 15) is 9.18 Å². The zero-order valence-electron chi connectivity index (χ0n) is 13.8. The fourth-order valence-electron chi connectivity index (χ4n) is 3.19. The first kappa shape index (κ1) is 18.2. The maximum atomic E-state index is 13.8. The van der Waals surface area contributed by atoms with E-state index in [1.54, 1.807) is 13.2 Å². The number of methoxy groups -OCH3 is 1. The molecule has 3 atom stereocenters. The van der Waals surface area contributed by atoms with Gasteiger partial charge in [-0.05, 0) is 43.6 Å². The van der Waals surface area contributed by atoms with Crippen LogP contribution in [0.4, 0.5) is 4.39 Å². The van der Waals surface area contributed by atoms with Crippen molar-refractivity contribution in [3.63, 3.8) is 0 Å². The van der Waals surface area contributed by atoms with Crippen molar-refractivity contribution in [3.05, 3.63) is 34.6 Å². The van der Waals surface area contributed by atoms with Crippen LogP contribution in [0.15, 0.2) is 18.2 Å². The Morgan fingerprint density at radius 1 is 1.57 bits per heavy atom. The number of halogens is 2. The topological polar surface area (TPSA) is 41.6 Å². The molecule has 0 unspecified atom stereocenters. The van der Waals surface area contributed by atoms with Gasteiger partial charge in [0.1, 0.15) is 5.82 Å². The van der Waals surface area contributed by atoms with Gasteiger partial charge in [-0.15, -0.1) is 0 Å². The van der Waals surface area contributed by atoms with Crippen LogP contribution < -0.4 is 5.32 Å². The molecular weight excluding hydrogens is 319 g/mol. The van der Waals surface area contributed by atoms with Crippen LogP contribution in [0.5, 0.6) is 0 Å². The minimum absolute atomic E-state index is 0.0116. The number of hydrogen-bond acceptors (Lipinski definition) is 3. The second kappa shape index (κ2) is 8.08. The molecule has 0 radical (unpaired) electrons. The zero-order valence-corrected chi connectivity index (χ0v) is 14.6. The largest absolute Gasteiger partial charge is 0.384 e. The molecule has 1 aliphatic heterocycles. The summed E-state index contributed by atoms with van der Waals surface area (Å²) in [5.74, 6) is -0.340. The molecule has 0 aromatic heterocycles. The van der Waals surface area contributed by atoms with E-state index in [-0.39, 0.29) is 28.8 Å². The smallest absolute Gasteiger partial charge is 0.225 e. The molecule has 0 spiro atoms. The summed E-state index contributed by atoms with van der Waals surface area (Å²) in [4.78, 5) is 14.2. The summed E-state index contributed by atoms with van der Waals surface area (Å²) in [7, 11) is 3.60. The molecule has 1 saturated heterocycles. The molecule has 23 heavy (non-hydrogen) atoms. The summed E-state index contributed by atoms with van der Waals surface area (Å²) in [5, 5.41) is 3.12. The summed E-state index contributed by atoms with van der Waals surface area (Å²) in [6, 6.07) is 5.03. The van der Waals surface area contributed by atoms with E-state index in [1.165, 1.54) is 6.07 Å². The third-order valence-electron chi connectivity index (χ3n) is 4.46. The monoisotopic (exact) mass is 342 g/mol. The molecule has 1 amide bonds. The number of rotatable bonds is 6. The first-order chi connectivity index (χ1) is 10.9. The van der Waals surface area contributed by atoms with Crippen molar-refractivity contribution in [2.75, 3.05) is 33.9 Å². The van der Waals surface area contributed by atoms with E-state index in [0.29, 0.717) is 13.2 Å². The predicted molar refractivity (Wildman–Crippen MR) is 88.9 cm³/mol. The minimum Gasteiger partial charge on any atom is -0.384 e. The van der Waals surface area contributed by atoms with E-state index in [1.807, 2.05) is 20.0 Å². The molecule has 2 rings (SSSR count). The van der Waals surface area contributed by atoms with E-state index in [2.05, 4.69) is 10.2 Å². The molecule has 128 valence electrons. The normalized spacial score (nSPS) is 23.0. The number of likely N-dealkylation sites (tertiary alicyclic amines) is 1. The number of carbonyl (C=O) groups is 1. The highest BCUT2D eigenvalue weighted by Crippen LogP contribution is 2.36. The summed E-state index contributed by atoms with van der Waals surface area (Å²) >= 11 is 5.77. The maximum absolute atomic E-state index is 13.8. The highest BCUT2D eigenvalue weighted by Gasteiger charge is 2.33. The molecule has 4 nitrogen and oxygen atoms in total. The van der Waals surface area contributed by atoms with Gasteiger partial charge in [0.2, 0.25) is 5.91 Å². The maximum Gasteiger partial charge on any atom is 0.225 e. The summed E-state index contributed by atoms with van der Waals surface area (Å²) < 4.78 is 18.8. The molecule has 0 aliphatic carbocycles. The first-order valence-corrected chi connectivity index (χ1v) is 8.23. The lowest BCUT2D eigenvalue weighted by Crippen LogP contribution is -2.36. The molecule has 1 heterocycles. The van der Waals surface area contributed by atoms with Gasteiger partial charge < -0.3 is 10.1 Å². The third kappa shape index (κ3) is 4.43. The Morgan fingerprint density at radius 2 is 2.30 bits per heavy atom. The van der Waals surface area contributed by atoms with Gasteiger partial charge in [0.25, 0.3) is 0 Å². The van der Waals surface area contributed by atoms with Crippen LogP contribution >= 0.6 is 11.6 Å². The minimum atomic E-state index is -0.402. The molecular formula is C17H24ClFN2O2. The molecule has 0 bridgehead atoms. The van der Waals surface area contributed by atoms with Gasteiger partial charge in [-0.2, -0.15) is 0 Å². The van der Waals surface area contributed by atoms with E-state index < -0.39 is 5.82 Å². The van der Waals surface area contributed by atoms with Crippen LogP contribution in [0.1, 0.15) is 24.9 Å². The van der Waals surface area contributed by atoms with Gasteiger partial charge in [-0.1, -0.05) is 24.6 Å². The third-order valence-corrected chi connectivity index (χ3v) is 4.77. The average molecular weight is 343 g/mol. The highest BCUT2D eigenvalue weighted by atomic mass is 35.5. The number of carbonyl (C=O) groups excluding carboxylic acids is 1. The first-order valence-electron chi connectivity index (χ1n) is 7.86. The second-order valence-electron chi connectivity index (χ2n) is 6.25. The number of ether oxygens (including phenoxy) is 1. The van der Waals surface area contributed by atoms with Crippen LogP contribution in [0, 0.1) is 17.7 Å². The quantitative estimate of drug-likeness (QED) is 0.864. The summed E-state index contributed by atoms with van der Waals surface area (Å²) in [5.41, 5.74) is 0.899. The Bertz CT molecular complexity index is 555. The highest BCUT2D eigenvalue weighted by molar-refractivity contribution is 6.30. The van der Waals surface area contributed by atoms with Crippen molar-refractivity contribution in [3.8, 4) is 0 Å².